The van der Waals surface area contributed by atoms with E-state index in [2.05, 4.69) is 0 Å². The maximum atomic E-state index is 13.5. The lowest BCUT2D eigenvalue weighted by molar-refractivity contribution is -0.123. The van der Waals surface area contributed by atoms with Crippen LogP contribution in [-0.2, 0) is 11.3 Å². The fourth-order valence-electron chi connectivity index (χ4n) is 3.15. The fourth-order valence-corrected chi connectivity index (χ4v) is 3.15. The minimum atomic E-state index is -0.733. The number of aromatic nitrogens is 1. The van der Waals surface area contributed by atoms with E-state index in [4.69, 9.17) is 10.2 Å². The van der Waals surface area contributed by atoms with Gasteiger partial charge in [0, 0.05) is 13.1 Å². The molecule has 0 aliphatic carbocycles. The second-order valence-electron chi connectivity index (χ2n) is 6.18. The molecule has 0 bridgehead atoms. The number of nitrogens with zero attached hydrogens (tertiary/aromatic N) is 2. The Labute approximate surface area is 149 Å². The SMILES string of the molecule is CN(CCCn1c(=O)oc2ccccc21)C(C(N)=O)c1cccc(F)c1. The molecule has 0 spiro atoms. The molecule has 2 N–H and O–H groups in total. The van der Waals surface area contributed by atoms with Crippen molar-refractivity contribution in [1.82, 2.24) is 9.47 Å². The predicted molar refractivity (Wildman–Crippen MR) is 96.1 cm³/mol. The molecule has 0 radical (unpaired) electrons. The molecule has 2 aromatic carbocycles. The summed E-state index contributed by atoms with van der Waals surface area (Å²) in [6, 6.07) is 12.3. The summed E-state index contributed by atoms with van der Waals surface area (Å²) in [5, 5.41) is 0. The standard InChI is InChI=1S/C19H20FN3O3/c1-22(17(18(21)24)13-6-4-7-14(20)12-13)10-5-11-23-15-8-2-3-9-16(15)26-19(23)25/h2-4,6-9,12,17H,5,10-11H2,1H3,(H2,21,24). The van der Waals surface area contributed by atoms with Crippen LogP contribution in [-0.4, -0.2) is 29.0 Å². The molecule has 7 heteroatoms. The molecule has 3 rings (SSSR count). The van der Waals surface area contributed by atoms with Crippen LogP contribution in [0.25, 0.3) is 11.1 Å². The van der Waals surface area contributed by atoms with Crippen LogP contribution in [0.5, 0.6) is 0 Å². The summed E-state index contributed by atoms with van der Waals surface area (Å²) in [4.78, 5) is 25.6. The quantitative estimate of drug-likeness (QED) is 0.703. The second kappa shape index (κ2) is 7.53. The third-order valence-corrected chi connectivity index (χ3v) is 4.34. The van der Waals surface area contributed by atoms with Crippen molar-refractivity contribution in [3.8, 4) is 0 Å². The first-order valence-corrected chi connectivity index (χ1v) is 8.31. The van der Waals surface area contributed by atoms with Crippen molar-refractivity contribution in [1.29, 1.82) is 0 Å². The molecule has 0 fully saturated rings. The molecule has 26 heavy (non-hydrogen) atoms. The molecule has 0 saturated carbocycles. The number of likely N-dealkylation sites (N-methyl/N-ethyl adjacent to an activating group) is 1. The molecule has 1 amide bonds. The smallest absolute Gasteiger partial charge is 0.408 e. The Kier molecular flexibility index (Phi) is 5.18. The lowest BCUT2D eigenvalue weighted by Crippen LogP contribution is -2.36. The van der Waals surface area contributed by atoms with Crippen LogP contribution in [0, 0.1) is 5.82 Å². The first-order valence-electron chi connectivity index (χ1n) is 8.31. The van der Waals surface area contributed by atoms with Gasteiger partial charge in [-0.05, 0) is 43.3 Å². The van der Waals surface area contributed by atoms with Crippen molar-refractivity contribution < 1.29 is 13.6 Å². The monoisotopic (exact) mass is 357 g/mol. The van der Waals surface area contributed by atoms with Crippen LogP contribution in [0.4, 0.5) is 4.39 Å². The highest BCUT2D eigenvalue weighted by Gasteiger charge is 2.23. The number of benzene rings is 2. The Balaban J connectivity index is 1.70. The van der Waals surface area contributed by atoms with E-state index < -0.39 is 23.5 Å². The van der Waals surface area contributed by atoms with E-state index in [1.165, 1.54) is 12.1 Å². The number of para-hydroxylation sites is 2. The molecule has 136 valence electrons. The molecular formula is C19H20FN3O3. The summed E-state index contributed by atoms with van der Waals surface area (Å²) in [6.45, 7) is 0.935. The molecule has 6 nitrogen and oxygen atoms in total. The van der Waals surface area contributed by atoms with Gasteiger partial charge >= 0.3 is 5.76 Å². The van der Waals surface area contributed by atoms with Crippen molar-refractivity contribution in [3.63, 3.8) is 0 Å². The number of carbonyl (C=O) groups excluding carboxylic acids is 1. The maximum absolute atomic E-state index is 13.5. The van der Waals surface area contributed by atoms with Crippen molar-refractivity contribution in [2.24, 2.45) is 5.73 Å². The van der Waals surface area contributed by atoms with E-state index >= 15 is 0 Å². The predicted octanol–water partition coefficient (Wildman–Crippen LogP) is 2.28. The minimum absolute atomic E-state index is 0.412. The molecule has 1 unspecified atom stereocenters. The fraction of sp³-hybridized carbons (Fsp3) is 0.263. The summed E-state index contributed by atoms with van der Waals surface area (Å²) in [5.41, 5.74) is 7.29. The Hall–Kier alpha value is -2.93. The molecule has 1 heterocycles. The van der Waals surface area contributed by atoms with Gasteiger partial charge in [-0.2, -0.15) is 0 Å². The number of nitrogens with two attached hydrogens (primary N) is 1. The van der Waals surface area contributed by atoms with Crippen LogP contribution in [0.1, 0.15) is 18.0 Å². The van der Waals surface area contributed by atoms with Crippen LogP contribution in [0.2, 0.25) is 0 Å². The van der Waals surface area contributed by atoms with E-state index in [0.29, 0.717) is 30.7 Å². The summed E-state index contributed by atoms with van der Waals surface area (Å²) in [7, 11) is 1.75. The minimum Gasteiger partial charge on any atom is -0.408 e. The number of fused-ring (bicyclic) bond motifs is 1. The van der Waals surface area contributed by atoms with Crippen molar-refractivity contribution in [2.75, 3.05) is 13.6 Å². The first-order chi connectivity index (χ1) is 12.5. The average Bonchev–Trinajstić information content (AvgIpc) is 2.90. The van der Waals surface area contributed by atoms with Crippen molar-refractivity contribution in [2.45, 2.75) is 19.0 Å². The van der Waals surface area contributed by atoms with Crippen molar-refractivity contribution in [3.05, 3.63) is 70.5 Å². The van der Waals surface area contributed by atoms with Crippen LogP contribution in [0.15, 0.2) is 57.7 Å². The number of carbonyl (C=O) groups is 1. The van der Waals surface area contributed by atoms with E-state index in [1.54, 1.807) is 40.8 Å². The zero-order valence-corrected chi connectivity index (χ0v) is 14.4. The summed E-state index contributed by atoms with van der Waals surface area (Å²) in [6.07, 6.45) is 0.596. The van der Waals surface area contributed by atoms with E-state index in [-0.39, 0.29) is 0 Å². The molecular weight excluding hydrogens is 337 g/mol. The van der Waals surface area contributed by atoms with Gasteiger partial charge in [0.05, 0.1) is 5.52 Å². The first kappa shape index (κ1) is 17.9. The van der Waals surface area contributed by atoms with Crippen LogP contribution >= 0.6 is 0 Å². The van der Waals surface area contributed by atoms with E-state index in [0.717, 1.165) is 5.52 Å². The van der Waals surface area contributed by atoms with Gasteiger partial charge < -0.3 is 10.2 Å². The molecule has 0 aliphatic rings. The third-order valence-electron chi connectivity index (χ3n) is 4.34. The number of aryl methyl sites for hydroxylation is 1. The number of primary amides is 1. The van der Waals surface area contributed by atoms with Gasteiger partial charge in [0.1, 0.15) is 11.9 Å². The normalized spacial score (nSPS) is 12.6. The highest BCUT2D eigenvalue weighted by molar-refractivity contribution is 5.81. The number of halogens is 1. The summed E-state index contributed by atoms with van der Waals surface area (Å²) < 4.78 is 20.2. The number of amides is 1. The van der Waals surface area contributed by atoms with Gasteiger partial charge in [-0.3, -0.25) is 14.3 Å². The molecule has 0 aliphatic heterocycles. The molecule has 1 atom stereocenters. The number of hydrogen-bond acceptors (Lipinski definition) is 4. The third kappa shape index (κ3) is 3.67. The zero-order chi connectivity index (χ0) is 18.7. The Bertz CT molecular complexity index is 979. The Morgan fingerprint density at radius 2 is 2.04 bits per heavy atom. The zero-order valence-electron chi connectivity index (χ0n) is 14.4. The molecule has 3 aromatic rings. The number of oxazole rings is 1. The van der Waals surface area contributed by atoms with Gasteiger partial charge in [0.25, 0.3) is 0 Å². The average molecular weight is 357 g/mol. The summed E-state index contributed by atoms with van der Waals surface area (Å²) in [5.74, 6) is -1.38. The topological polar surface area (TPSA) is 81.5 Å². The van der Waals surface area contributed by atoms with Gasteiger partial charge in [0.2, 0.25) is 5.91 Å². The lowest BCUT2D eigenvalue weighted by atomic mass is 10.0. The number of hydrogen-bond donors (Lipinski definition) is 1. The van der Waals surface area contributed by atoms with Crippen LogP contribution in [0.3, 0.4) is 0 Å². The van der Waals surface area contributed by atoms with Gasteiger partial charge in [-0.25, -0.2) is 9.18 Å². The van der Waals surface area contributed by atoms with Gasteiger partial charge in [-0.1, -0.05) is 24.3 Å². The lowest BCUT2D eigenvalue weighted by Gasteiger charge is -2.25. The second-order valence-corrected chi connectivity index (χ2v) is 6.18. The Morgan fingerprint density at radius 1 is 1.27 bits per heavy atom. The molecule has 1 aromatic heterocycles. The van der Waals surface area contributed by atoms with E-state index in [1.807, 2.05) is 12.1 Å². The largest absolute Gasteiger partial charge is 0.419 e. The van der Waals surface area contributed by atoms with Crippen molar-refractivity contribution >= 4 is 17.0 Å². The summed E-state index contributed by atoms with van der Waals surface area (Å²) >= 11 is 0. The van der Waals surface area contributed by atoms with Gasteiger partial charge in [0.15, 0.2) is 5.58 Å². The Morgan fingerprint density at radius 3 is 2.77 bits per heavy atom. The maximum Gasteiger partial charge on any atom is 0.419 e. The van der Waals surface area contributed by atoms with E-state index in [9.17, 15) is 14.0 Å². The van der Waals surface area contributed by atoms with Crippen LogP contribution < -0.4 is 11.5 Å². The van der Waals surface area contributed by atoms with Gasteiger partial charge in [-0.15, -0.1) is 0 Å². The highest BCUT2D eigenvalue weighted by atomic mass is 19.1. The molecule has 0 saturated heterocycles. The number of rotatable bonds is 7. The highest BCUT2D eigenvalue weighted by Crippen LogP contribution is 2.20.